The third-order valence-electron chi connectivity index (χ3n) is 3.81. The van der Waals surface area contributed by atoms with Crippen molar-refractivity contribution in [3.63, 3.8) is 0 Å². The summed E-state index contributed by atoms with van der Waals surface area (Å²) in [6.07, 6.45) is 4.64. The molecule has 0 aliphatic heterocycles. The number of nitrogens with two attached hydrogens (primary N) is 1. The highest BCUT2D eigenvalue weighted by atomic mass is 16.5. The van der Waals surface area contributed by atoms with Crippen molar-refractivity contribution < 1.29 is 14.6 Å². The van der Waals surface area contributed by atoms with Gasteiger partial charge in [0.05, 0.1) is 6.61 Å². The predicted molar refractivity (Wildman–Crippen MR) is 77.7 cm³/mol. The first kappa shape index (κ1) is 14.9. The fraction of sp³-hybridized carbons (Fsp3) is 0.562. The molecule has 1 aliphatic carbocycles. The smallest absolute Gasteiger partial charge is 0.305 e. The minimum Gasteiger partial charge on any atom is -0.508 e. The molecule has 20 heavy (non-hydrogen) atoms. The normalized spacial score (nSPS) is 17.0. The zero-order valence-electron chi connectivity index (χ0n) is 12.0. The van der Waals surface area contributed by atoms with Crippen molar-refractivity contribution >= 4 is 5.97 Å². The van der Waals surface area contributed by atoms with Crippen LogP contribution in [-0.4, -0.2) is 23.7 Å². The number of phenolic OH excluding ortho intramolecular Hbond substituents is 1. The standard InChI is InChI=1S/C16H23NO3/c1-2-20-16(19)6-4-3-5-13-14-10-12(17)9-11(14)7-8-15(13)18/h7-8,12,18H,2-6,9-10,17H2,1H3. The molecular weight excluding hydrogens is 254 g/mol. The number of hydrogen-bond acceptors (Lipinski definition) is 4. The summed E-state index contributed by atoms with van der Waals surface area (Å²) in [7, 11) is 0. The Balaban J connectivity index is 1.91. The zero-order chi connectivity index (χ0) is 14.5. The number of carbonyl (C=O) groups is 1. The van der Waals surface area contributed by atoms with Crippen molar-refractivity contribution in [2.75, 3.05) is 6.61 Å². The molecule has 1 aromatic rings. The maximum absolute atomic E-state index is 11.3. The number of esters is 1. The minimum absolute atomic E-state index is 0.142. The van der Waals surface area contributed by atoms with Gasteiger partial charge in [-0.2, -0.15) is 0 Å². The van der Waals surface area contributed by atoms with E-state index in [2.05, 4.69) is 0 Å². The van der Waals surface area contributed by atoms with E-state index in [-0.39, 0.29) is 12.0 Å². The van der Waals surface area contributed by atoms with Crippen molar-refractivity contribution in [2.45, 2.75) is 51.5 Å². The molecule has 0 saturated carbocycles. The second kappa shape index (κ2) is 6.75. The summed E-state index contributed by atoms with van der Waals surface area (Å²) in [4.78, 5) is 11.3. The van der Waals surface area contributed by atoms with Crippen LogP contribution in [0.4, 0.5) is 0 Å². The van der Waals surface area contributed by atoms with E-state index in [9.17, 15) is 9.90 Å². The van der Waals surface area contributed by atoms with E-state index >= 15 is 0 Å². The SMILES string of the molecule is CCOC(=O)CCCCc1c(O)ccc2c1CC(N)C2. The minimum atomic E-state index is -0.142. The number of carbonyl (C=O) groups excluding carboxylic acids is 1. The highest BCUT2D eigenvalue weighted by Gasteiger charge is 2.22. The summed E-state index contributed by atoms with van der Waals surface area (Å²) in [6.45, 7) is 2.25. The lowest BCUT2D eigenvalue weighted by atomic mass is 9.97. The lowest BCUT2D eigenvalue weighted by molar-refractivity contribution is -0.143. The largest absolute Gasteiger partial charge is 0.508 e. The number of unbranched alkanes of at least 4 members (excludes halogenated alkanes) is 1. The number of fused-ring (bicyclic) bond motifs is 1. The number of phenols is 1. The van der Waals surface area contributed by atoms with E-state index in [1.165, 1.54) is 11.1 Å². The molecule has 1 aliphatic rings. The number of rotatable bonds is 6. The second-order valence-electron chi connectivity index (χ2n) is 5.38. The van der Waals surface area contributed by atoms with Crippen LogP contribution in [0.2, 0.25) is 0 Å². The van der Waals surface area contributed by atoms with Gasteiger partial charge in [0.2, 0.25) is 0 Å². The molecule has 110 valence electrons. The first-order valence-corrected chi connectivity index (χ1v) is 7.35. The Morgan fingerprint density at radius 3 is 2.95 bits per heavy atom. The van der Waals surface area contributed by atoms with Crippen molar-refractivity contribution in [3.05, 3.63) is 28.8 Å². The highest BCUT2D eigenvalue weighted by Crippen LogP contribution is 2.32. The summed E-state index contributed by atoms with van der Waals surface area (Å²) in [5.41, 5.74) is 9.48. The van der Waals surface area contributed by atoms with Gasteiger partial charge < -0.3 is 15.6 Å². The van der Waals surface area contributed by atoms with Gasteiger partial charge in [-0.25, -0.2) is 0 Å². The zero-order valence-corrected chi connectivity index (χ0v) is 12.0. The van der Waals surface area contributed by atoms with Crippen LogP contribution in [0.15, 0.2) is 12.1 Å². The van der Waals surface area contributed by atoms with Crippen molar-refractivity contribution in [2.24, 2.45) is 5.73 Å². The van der Waals surface area contributed by atoms with Gasteiger partial charge in [0.15, 0.2) is 0 Å². The molecule has 4 heteroatoms. The average Bonchev–Trinajstić information content (AvgIpc) is 2.77. The van der Waals surface area contributed by atoms with E-state index < -0.39 is 0 Å². The van der Waals surface area contributed by atoms with Gasteiger partial charge in [-0.05, 0) is 61.8 Å². The molecule has 0 bridgehead atoms. The molecule has 1 aromatic carbocycles. The number of aromatic hydroxyl groups is 1. The Labute approximate surface area is 119 Å². The van der Waals surface area contributed by atoms with Gasteiger partial charge in [0.25, 0.3) is 0 Å². The number of benzene rings is 1. The van der Waals surface area contributed by atoms with Crippen LogP contribution in [0.5, 0.6) is 5.75 Å². The Hall–Kier alpha value is -1.55. The van der Waals surface area contributed by atoms with Crippen LogP contribution in [0, 0.1) is 0 Å². The second-order valence-corrected chi connectivity index (χ2v) is 5.38. The average molecular weight is 277 g/mol. The van der Waals surface area contributed by atoms with E-state index in [1.807, 2.05) is 13.0 Å². The Morgan fingerprint density at radius 2 is 2.20 bits per heavy atom. The Morgan fingerprint density at radius 1 is 1.40 bits per heavy atom. The third kappa shape index (κ3) is 3.51. The van der Waals surface area contributed by atoms with E-state index in [4.69, 9.17) is 10.5 Å². The van der Waals surface area contributed by atoms with E-state index in [1.54, 1.807) is 6.07 Å². The van der Waals surface area contributed by atoms with Gasteiger partial charge in [0, 0.05) is 12.5 Å². The molecule has 0 heterocycles. The third-order valence-corrected chi connectivity index (χ3v) is 3.81. The molecule has 0 radical (unpaired) electrons. The lowest BCUT2D eigenvalue weighted by Gasteiger charge is -2.10. The topological polar surface area (TPSA) is 72.5 Å². The first-order valence-electron chi connectivity index (χ1n) is 7.35. The molecular formula is C16H23NO3. The monoisotopic (exact) mass is 277 g/mol. The van der Waals surface area contributed by atoms with Crippen molar-refractivity contribution in [3.8, 4) is 5.75 Å². The molecule has 1 atom stereocenters. The molecule has 0 saturated heterocycles. The summed E-state index contributed by atoms with van der Waals surface area (Å²) in [5, 5.41) is 10.0. The predicted octanol–water partition coefficient (Wildman–Crippen LogP) is 2.09. The molecule has 0 fully saturated rings. The van der Waals surface area contributed by atoms with Gasteiger partial charge in [-0.15, -0.1) is 0 Å². The summed E-state index contributed by atoms with van der Waals surface area (Å²) >= 11 is 0. The molecule has 3 N–H and O–H groups in total. The van der Waals surface area contributed by atoms with Crippen LogP contribution in [0.25, 0.3) is 0 Å². The van der Waals surface area contributed by atoms with Crippen molar-refractivity contribution in [1.82, 2.24) is 0 Å². The van der Waals surface area contributed by atoms with Crippen LogP contribution in [0.1, 0.15) is 42.9 Å². The highest BCUT2D eigenvalue weighted by molar-refractivity contribution is 5.69. The van der Waals surface area contributed by atoms with Gasteiger partial charge in [0.1, 0.15) is 5.75 Å². The van der Waals surface area contributed by atoms with E-state index in [0.717, 1.165) is 37.7 Å². The molecule has 4 nitrogen and oxygen atoms in total. The fourth-order valence-corrected chi connectivity index (χ4v) is 2.87. The Kier molecular flexibility index (Phi) is 5.01. The Bertz CT molecular complexity index is 485. The molecule has 0 amide bonds. The summed E-state index contributed by atoms with van der Waals surface area (Å²) < 4.78 is 4.90. The van der Waals surface area contributed by atoms with Crippen molar-refractivity contribution in [1.29, 1.82) is 0 Å². The van der Waals surface area contributed by atoms with Gasteiger partial charge in [-0.3, -0.25) is 4.79 Å². The summed E-state index contributed by atoms with van der Waals surface area (Å²) in [5.74, 6) is 0.214. The molecule has 0 aromatic heterocycles. The quantitative estimate of drug-likeness (QED) is 0.617. The molecule has 1 unspecified atom stereocenters. The maximum atomic E-state index is 11.3. The van der Waals surface area contributed by atoms with Crippen LogP contribution < -0.4 is 5.73 Å². The molecule has 2 rings (SSSR count). The first-order chi connectivity index (χ1) is 9.61. The van der Waals surface area contributed by atoms with Crippen LogP contribution in [-0.2, 0) is 28.8 Å². The van der Waals surface area contributed by atoms with E-state index in [0.29, 0.717) is 18.8 Å². The van der Waals surface area contributed by atoms with Crippen LogP contribution in [0.3, 0.4) is 0 Å². The summed E-state index contributed by atoms with van der Waals surface area (Å²) in [6, 6.07) is 3.90. The number of ether oxygens (including phenoxy) is 1. The number of hydrogen-bond donors (Lipinski definition) is 2. The fourth-order valence-electron chi connectivity index (χ4n) is 2.87. The van der Waals surface area contributed by atoms with Gasteiger partial charge in [-0.1, -0.05) is 6.07 Å². The van der Waals surface area contributed by atoms with Gasteiger partial charge >= 0.3 is 5.97 Å². The lowest BCUT2D eigenvalue weighted by Crippen LogP contribution is -2.19. The maximum Gasteiger partial charge on any atom is 0.305 e. The molecule has 0 spiro atoms. The van der Waals surface area contributed by atoms with Crippen LogP contribution >= 0.6 is 0 Å².